The molecule has 0 saturated heterocycles. The first-order chi connectivity index (χ1) is 15.7. The number of aryl methyl sites for hydroxylation is 1. The molecular weight excluding hydrogens is 497 g/mol. The van der Waals surface area contributed by atoms with Gasteiger partial charge >= 0.3 is 21.5 Å². The van der Waals surface area contributed by atoms with Crippen molar-refractivity contribution in [2.75, 3.05) is 22.7 Å². The van der Waals surface area contributed by atoms with Gasteiger partial charge in [-0.2, -0.15) is 21.6 Å². The molecule has 10 nitrogen and oxygen atoms in total. The van der Waals surface area contributed by atoms with Crippen LogP contribution in [0.25, 0.3) is 0 Å². The number of anilines is 2. The molecule has 3 rings (SSSR count). The van der Waals surface area contributed by atoms with E-state index in [4.69, 9.17) is 4.74 Å². The number of ether oxygens (including phenoxy) is 1. The average molecular weight is 521 g/mol. The van der Waals surface area contributed by atoms with E-state index < -0.39 is 27.1 Å². The van der Waals surface area contributed by atoms with E-state index in [2.05, 4.69) is 20.4 Å². The van der Waals surface area contributed by atoms with Crippen LogP contribution in [0.5, 0.6) is 0 Å². The third-order valence-electron chi connectivity index (χ3n) is 4.57. The Balaban J connectivity index is 1.97. The van der Waals surface area contributed by atoms with Crippen LogP contribution in [0.2, 0.25) is 0 Å². The molecule has 1 N–H and O–H groups in total. The Morgan fingerprint density at radius 3 is 2.56 bits per heavy atom. The number of carbonyl (C=O) groups excluding carboxylic acids is 1. The lowest BCUT2D eigenvalue weighted by atomic mass is 10.0. The molecule has 1 aromatic heterocycles. The molecule has 0 amide bonds. The number of benzene rings is 1. The Kier molecular flexibility index (Phi) is 7.17. The lowest BCUT2D eigenvalue weighted by Gasteiger charge is -2.31. The molecule has 0 aliphatic carbocycles. The molecule has 2 aromatic rings. The summed E-state index contributed by atoms with van der Waals surface area (Å²) >= 11 is 0.773. The number of fused-ring (bicyclic) bond motifs is 1. The summed E-state index contributed by atoms with van der Waals surface area (Å²) in [5.41, 5.74) is -5.34. The van der Waals surface area contributed by atoms with Gasteiger partial charge in [0.1, 0.15) is 11.3 Å². The summed E-state index contributed by atoms with van der Waals surface area (Å²) in [5.74, 6) is -0.710. The van der Waals surface area contributed by atoms with Gasteiger partial charge in [-0.25, -0.2) is 4.79 Å². The van der Waals surface area contributed by atoms with Gasteiger partial charge in [0.25, 0.3) is 5.13 Å². The van der Waals surface area contributed by atoms with E-state index in [9.17, 15) is 26.4 Å². The summed E-state index contributed by atoms with van der Waals surface area (Å²) in [6, 6.07) is 2.81. The van der Waals surface area contributed by atoms with Crippen molar-refractivity contribution in [2.45, 2.75) is 51.6 Å². The maximum atomic E-state index is 13.0. The number of hydrogen-bond acceptors (Lipinski definition) is 10. The van der Waals surface area contributed by atoms with Gasteiger partial charge in [-0.15, -0.1) is 20.4 Å². The summed E-state index contributed by atoms with van der Waals surface area (Å²) in [5, 5.41) is 15.0. The molecule has 15 heteroatoms. The third-order valence-corrected chi connectivity index (χ3v) is 6.46. The number of halogens is 3. The number of nitrogens with zero attached hydrogens (tertiary/aromatic N) is 5. The van der Waals surface area contributed by atoms with E-state index in [0.717, 1.165) is 23.3 Å². The van der Waals surface area contributed by atoms with E-state index in [1.807, 2.05) is 11.8 Å². The van der Waals surface area contributed by atoms with Crippen molar-refractivity contribution >= 4 is 49.5 Å². The predicted octanol–water partition coefficient (Wildman–Crippen LogP) is 4.94. The van der Waals surface area contributed by atoms with Crippen LogP contribution in [0, 0.1) is 0 Å². The minimum absolute atomic E-state index is 0.0570. The van der Waals surface area contributed by atoms with Crippen LogP contribution >= 0.6 is 11.3 Å². The average Bonchev–Trinajstić information content (AvgIpc) is 3.18. The summed E-state index contributed by atoms with van der Waals surface area (Å²) in [7, 11) is -5.69. The smallest absolute Gasteiger partial charge is 0.455 e. The second kappa shape index (κ2) is 9.44. The van der Waals surface area contributed by atoms with Crippen LogP contribution in [0.3, 0.4) is 0 Å². The number of esters is 1. The largest absolute Gasteiger partial charge is 0.516 e. The first kappa shape index (κ1) is 25.8. The second-order valence-corrected chi connectivity index (χ2v) is 11.0. The zero-order valence-corrected chi connectivity index (χ0v) is 20.4. The first-order valence-electron chi connectivity index (χ1n) is 10.2. The molecule has 0 bridgehead atoms. The Bertz CT molecular complexity index is 1210. The minimum atomic E-state index is -5.69. The van der Waals surface area contributed by atoms with Crippen molar-refractivity contribution in [3.05, 3.63) is 22.7 Å². The number of sulfonamides is 1. The fourth-order valence-corrected chi connectivity index (χ4v) is 4.26. The quantitative estimate of drug-likeness (QED) is 0.422. The molecule has 0 radical (unpaired) electrons. The van der Waals surface area contributed by atoms with Crippen LogP contribution in [0.15, 0.2) is 22.4 Å². The normalized spacial score (nSPS) is 14.9. The van der Waals surface area contributed by atoms with Gasteiger partial charge in [0, 0.05) is 18.8 Å². The number of carbonyl (C=O) groups is 1. The van der Waals surface area contributed by atoms with Crippen LogP contribution in [-0.4, -0.2) is 48.8 Å². The van der Waals surface area contributed by atoms with E-state index in [1.54, 1.807) is 25.5 Å². The van der Waals surface area contributed by atoms with Gasteiger partial charge in [-0.3, -0.25) is 4.72 Å². The molecule has 1 aliphatic rings. The summed E-state index contributed by atoms with van der Waals surface area (Å²) in [6.07, 6.45) is 1.46. The lowest BCUT2D eigenvalue weighted by Crippen LogP contribution is -2.31. The van der Waals surface area contributed by atoms with Crippen LogP contribution in [0.1, 0.15) is 49.5 Å². The van der Waals surface area contributed by atoms with E-state index in [0.29, 0.717) is 25.2 Å². The van der Waals surface area contributed by atoms with Crippen LogP contribution in [-0.2, 0) is 21.2 Å². The zero-order valence-electron chi connectivity index (χ0n) is 18.8. The number of aromatic nitrogens is 2. The fraction of sp³-hybridized carbons (Fsp3) is 0.526. The highest BCUT2D eigenvalue weighted by Crippen LogP contribution is 2.39. The van der Waals surface area contributed by atoms with Gasteiger partial charge < -0.3 is 9.64 Å². The van der Waals surface area contributed by atoms with Crippen LogP contribution < -0.4 is 9.62 Å². The summed E-state index contributed by atoms with van der Waals surface area (Å²) in [4.78, 5) is 14.0. The molecule has 1 aromatic carbocycles. The molecule has 0 spiro atoms. The number of alkyl halides is 3. The highest BCUT2D eigenvalue weighted by molar-refractivity contribution is 7.93. The monoisotopic (exact) mass is 520 g/mol. The highest BCUT2D eigenvalue weighted by atomic mass is 32.2. The molecular formula is C19H23F3N6O4S2. The third kappa shape index (κ3) is 6.00. The fourth-order valence-electron chi connectivity index (χ4n) is 3.15. The molecule has 2 heterocycles. The van der Waals surface area contributed by atoms with Crippen molar-refractivity contribution < 1.29 is 31.1 Å². The molecule has 1 aliphatic heterocycles. The van der Waals surface area contributed by atoms with Gasteiger partial charge in [-0.05, 0) is 58.2 Å². The van der Waals surface area contributed by atoms with Crippen molar-refractivity contribution in [3.63, 3.8) is 0 Å². The van der Waals surface area contributed by atoms with Crippen molar-refractivity contribution in [2.24, 2.45) is 10.2 Å². The SMILES string of the molecule is CCN1CCCc2cc(N=Nc3nnc(C(=O)OC(C)(C)C)s3)c(NS(=O)(=O)C(F)(F)F)cc21. The Labute approximate surface area is 198 Å². The van der Waals surface area contributed by atoms with Crippen molar-refractivity contribution in [1.29, 1.82) is 0 Å². The number of azo groups is 1. The van der Waals surface area contributed by atoms with E-state index >= 15 is 0 Å². The molecule has 0 saturated carbocycles. The maximum absolute atomic E-state index is 13.0. The van der Waals surface area contributed by atoms with Gasteiger partial charge in [0.15, 0.2) is 0 Å². The van der Waals surface area contributed by atoms with Gasteiger partial charge in [0.05, 0.1) is 5.69 Å². The standard InChI is InChI=1S/C19H23F3N6O4S2/c1-5-28-8-6-7-11-9-12(13(10-14(11)28)27-34(30,31)19(20,21)22)23-25-17-26-24-15(33-17)16(29)32-18(2,3)4/h9-10,27H,5-8H2,1-4H3. The Morgan fingerprint density at radius 1 is 1.24 bits per heavy atom. The summed E-state index contributed by atoms with van der Waals surface area (Å²) < 4.78 is 69.3. The highest BCUT2D eigenvalue weighted by Gasteiger charge is 2.46. The van der Waals surface area contributed by atoms with E-state index in [-0.39, 0.29) is 21.5 Å². The lowest BCUT2D eigenvalue weighted by molar-refractivity contribution is -0.0429. The van der Waals surface area contributed by atoms with Crippen LogP contribution in [0.4, 0.5) is 35.4 Å². The Hall–Kier alpha value is -2.81. The first-order valence-corrected chi connectivity index (χ1v) is 12.5. The number of rotatable bonds is 6. The molecule has 0 fully saturated rings. The molecule has 0 atom stereocenters. The number of nitrogens with one attached hydrogen (secondary N) is 1. The number of hydrogen-bond donors (Lipinski definition) is 1. The van der Waals surface area contributed by atoms with Gasteiger partial charge in [-0.1, -0.05) is 11.3 Å². The molecule has 186 valence electrons. The second-order valence-electron chi connectivity index (χ2n) is 8.32. The topological polar surface area (TPSA) is 126 Å². The van der Waals surface area contributed by atoms with E-state index in [1.165, 1.54) is 12.1 Å². The maximum Gasteiger partial charge on any atom is 0.516 e. The zero-order chi connectivity index (χ0) is 25.3. The minimum Gasteiger partial charge on any atom is -0.455 e. The Morgan fingerprint density at radius 2 is 1.94 bits per heavy atom. The molecule has 0 unspecified atom stereocenters. The van der Waals surface area contributed by atoms with Crippen molar-refractivity contribution in [3.8, 4) is 0 Å². The van der Waals surface area contributed by atoms with Crippen molar-refractivity contribution in [1.82, 2.24) is 10.2 Å². The van der Waals surface area contributed by atoms with Gasteiger partial charge in [0.2, 0.25) is 5.01 Å². The predicted molar refractivity (Wildman–Crippen MR) is 121 cm³/mol. The summed E-state index contributed by atoms with van der Waals surface area (Å²) in [6.45, 7) is 8.23. The molecule has 34 heavy (non-hydrogen) atoms.